The van der Waals surface area contributed by atoms with Gasteiger partial charge >= 0.3 is 0 Å². The van der Waals surface area contributed by atoms with Gasteiger partial charge < -0.3 is 5.32 Å². The summed E-state index contributed by atoms with van der Waals surface area (Å²) in [5.41, 5.74) is 1.09. The van der Waals surface area contributed by atoms with Gasteiger partial charge in [0, 0.05) is 23.8 Å². The molecule has 1 aliphatic rings. The van der Waals surface area contributed by atoms with Crippen molar-refractivity contribution in [1.82, 2.24) is 19.1 Å². The molecule has 10 heteroatoms. The fourth-order valence-corrected chi connectivity index (χ4v) is 5.18. The molecule has 1 aromatic heterocycles. The number of hydrogen-bond donors (Lipinski definition) is 1. The molecular formula is C21H22ClN5O3S. The fraction of sp³-hybridized carbons (Fsp3) is 0.286. The van der Waals surface area contributed by atoms with Crippen molar-refractivity contribution in [1.29, 1.82) is 0 Å². The lowest BCUT2D eigenvalue weighted by molar-refractivity contribution is 0.101. The first-order chi connectivity index (χ1) is 14.8. The highest BCUT2D eigenvalue weighted by Gasteiger charge is 2.26. The van der Waals surface area contributed by atoms with E-state index in [4.69, 9.17) is 11.6 Å². The number of rotatable bonds is 5. The van der Waals surface area contributed by atoms with Crippen molar-refractivity contribution in [3.63, 3.8) is 0 Å². The number of benzene rings is 2. The van der Waals surface area contributed by atoms with Crippen LogP contribution in [0.4, 0.5) is 5.69 Å². The molecule has 0 bridgehead atoms. The number of piperidine rings is 1. The van der Waals surface area contributed by atoms with Crippen LogP contribution in [-0.2, 0) is 10.0 Å². The minimum absolute atomic E-state index is 0.0169. The van der Waals surface area contributed by atoms with Gasteiger partial charge in [-0.2, -0.15) is 4.31 Å². The molecule has 8 nitrogen and oxygen atoms in total. The van der Waals surface area contributed by atoms with Crippen LogP contribution in [0.5, 0.6) is 0 Å². The average Bonchev–Trinajstić information content (AvgIpc) is 3.17. The van der Waals surface area contributed by atoms with Gasteiger partial charge in [0.1, 0.15) is 5.82 Å². The van der Waals surface area contributed by atoms with Crippen molar-refractivity contribution >= 4 is 33.2 Å². The first-order valence-corrected chi connectivity index (χ1v) is 11.8. The molecule has 162 valence electrons. The predicted molar refractivity (Wildman–Crippen MR) is 118 cm³/mol. The van der Waals surface area contributed by atoms with Crippen LogP contribution < -0.4 is 5.32 Å². The highest BCUT2D eigenvalue weighted by Crippen LogP contribution is 2.23. The number of halogens is 1. The van der Waals surface area contributed by atoms with Gasteiger partial charge in [-0.25, -0.2) is 18.1 Å². The normalized spacial score (nSPS) is 15.0. The molecule has 1 fully saturated rings. The minimum Gasteiger partial charge on any atom is -0.319 e. The van der Waals surface area contributed by atoms with E-state index in [-0.39, 0.29) is 10.7 Å². The fourth-order valence-electron chi connectivity index (χ4n) is 3.49. The Labute approximate surface area is 185 Å². The summed E-state index contributed by atoms with van der Waals surface area (Å²) in [6, 6.07) is 13.3. The summed E-state index contributed by atoms with van der Waals surface area (Å²) in [6.45, 7) is 2.78. The first kappa shape index (κ1) is 21.5. The molecule has 1 amide bonds. The summed E-state index contributed by atoms with van der Waals surface area (Å²) >= 11 is 5.92. The van der Waals surface area contributed by atoms with Gasteiger partial charge in [-0.3, -0.25) is 4.79 Å². The number of carbonyl (C=O) groups is 1. The number of hydrogen-bond acceptors (Lipinski definition) is 5. The molecule has 4 rings (SSSR count). The third-order valence-corrected chi connectivity index (χ3v) is 7.23. The van der Waals surface area contributed by atoms with Crippen LogP contribution in [0.3, 0.4) is 0 Å². The molecule has 1 saturated heterocycles. The molecule has 2 heterocycles. The van der Waals surface area contributed by atoms with E-state index in [1.54, 1.807) is 48.0 Å². The van der Waals surface area contributed by atoms with Crippen LogP contribution in [-0.4, -0.2) is 46.5 Å². The SMILES string of the molecule is Cc1nc(C(=O)Nc2cccc(S(=O)(=O)N3CCCCC3)c2)nn1-c1ccc(Cl)cc1. The van der Waals surface area contributed by atoms with Crippen LogP contribution in [0, 0.1) is 6.92 Å². The molecule has 0 spiro atoms. The molecule has 0 atom stereocenters. The maximum Gasteiger partial charge on any atom is 0.295 e. The Bertz CT molecular complexity index is 1200. The molecular weight excluding hydrogens is 438 g/mol. The van der Waals surface area contributed by atoms with E-state index in [1.165, 1.54) is 16.4 Å². The van der Waals surface area contributed by atoms with Crippen molar-refractivity contribution in [3.8, 4) is 5.69 Å². The first-order valence-electron chi connectivity index (χ1n) is 9.96. The Morgan fingerprint density at radius 2 is 1.77 bits per heavy atom. The van der Waals surface area contributed by atoms with Gasteiger partial charge in [0.15, 0.2) is 0 Å². The maximum absolute atomic E-state index is 12.9. The number of sulfonamides is 1. The zero-order valence-electron chi connectivity index (χ0n) is 17.0. The standard InChI is InChI=1S/C21H22ClN5O3S/c1-15-23-20(25-27(15)18-10-8-16(22)9-11-18)21(28)24-17-6-5-7-19(14-17)31(29,30)26-12-3-2-4-13-26/h5-11,14H,2-4,12-13H2,1H3,(H,24,28). The smallest absolute Gasteiger partial charge is 0.295 e. The number of nitrogens with zero attached hydrogens (tertiary/aromatic N) is 4. The lowest BCUT2D eigenvalue weighted by Gasteiger charge is -2.26. The molecule has 2 aromatic carbocycles. The van der Waals surface area contributed by atoms with E-state index in [0.717, 1.165) is 24.9 Å². The number of aromatic nitrogens is 3. The largest absolute Gasteiger partial charge is 0.319 e. The molecule has 3 aromatic rings. The van der Waals surface area contributed by atoms with Crippen LogP contribution in [0.1, 0.15) is 35.7 Å². The van der Waals surface area contributed by atoms with Crippen molar-refractivity contribution in [2.75, 3.05) is 18.4 Å². The Hall–Kier alpha value is -2.75. The third-order valence-electron chi connectivity index (χ3n) is 5.09. The van der Waals surface area contributed by atoms with Gasteiger partial charge in [-0.15, -0.1) is 5.10 Å². The summed E-state index contributed by atoms with van der Waals surface area (Å²) in [4.78, 5) is 17.1. The topological polar surface area (TPSA) is 97.2 Å². The lowest BCUT2D eigenvalue weighted by Crippen LogP contribution is -2.35. The zero-order chi connectivity index (χ0) is 22.0. The van der Waals surface area contributed by atoms with Gasteiger partial charge in [0.05, 0.1) is 10.6 Å². The van der Waals surface area contributed by atoms with Crippen LogP contribution in [0.2, 0.25) is 5.02 Å². The molecule has 0 aliphatic carbocycles. The van der Waals surface area contributed by atoms with Gasteiger partial charge in [0.25, 0.3) is 5.91 Å². The quantitative estimate of drug-likeness (QED) is 0.628. The molecule has 0 unspecified atom stereocenters. The molecule has 0 saturated carbocycles. The second-order valence-electron chi connectivity index (χ2n) is 7.32. The van der Waals surface area contributed by atoms with Crippen LogP contribution in [0.15, 0.2) is 53.4 Å². The zero-order valence-corrected chi connectivity index (χ0v) is 18.5. The van der Waals surface area contributed by atoms with E-state index in [1.807, 2.05) is 0 Å². The number of amides is 1. The van der Waals surface area contributed by atoms with E-state index < -0.39 is 15.9 Å². The van der Waals surface area contributed by atoms with Crippen molar-refractivity contribution in [2.24, 2.45) is 0 Å². The van der Waals surface area contributed by atoms with Crippen LogP contribution >= 0.6 is 11.6 Å². The second-order valence-corrected chi connectivity index (χ2v) is 9.69. The highest BCUT2D eigenvalue weighted by atomic mass is 35.5. The average molecular weight is 460 g/mol. The molecule has 0 radical (unpaired) electrons. The Balaban J connectivity index is 1.54. The minimum atomic E-state index is -3.59. The Morgan fingerprint density at radius 1 is 1.06 bits per heavy atom. The van der Waals surface area contributed by atoms with E-state index >= 15 is 0 Å². The van der Waals surface area contributed by atoms with Crippen molar-refractivity contribution < 1.29 is 13.2 Å². The predicted octanol–water partition coefficient (Wildman–Crippen LogP) is 3.66. The third kappa shape index (κ3) is 4.63. The number of anilines is 1. The van der Waals surface area contributed by atoms with E-state index in [2.05, 4.69) is 15.4 Å². The van der Waals surface area contributed by atoms with Gasteiger partial charge in [0.2, 0.25) is 15.8 Å². The van der Waals surface area contributed by atoms with Gasteiger partial charge in [-0.1, -0.05) is 24.1 Å². The number of nitrogens with one attached hydrogen (secondary N) is 1. The van der Waals surface area contributed by atoms with Crippen molar-refractivity contribution in [3.05, 3.63) is 65.2 Å². The second kappa shape index (κ2) is 8.78. The van der Waals surface area contributed by atoms with Gasteiger partial charge in [-0.05, 0) is 62.2 Å². The number of aryl methyl sites for hydroxylation is 1. The monoisotopic (exact) mass is 459 g/mol. The maximum atomic E-state index is 12.9. The Morgan fingerprint density at radius 3 is 2.48 bits per heavy atom. The molecule has 1 N–H and O–H groups in total. The Kier molecular flexibility index (Phi) is 6.08. The number of carbonyl (C=O) groups excluding carboxylic acids is 1. The summed E-state index contributed by atoms with van der Waals surface area (Å²) in [5.74, 6) is -0.00558. The summed E-state index contributed by atoms with van der Waals surface area (Å²) < 4.78 is 28.8. The summed E-state index contributed by atoms with van der Waals surface area (Å²) in [5, 5.41) is 7.56. The highest BCUT2D eigenvalue weighted by molar-refractivity contribution is 7.89. The molecule has 1 aliphatic heterocycles. The molecule has 31 heavy (non-hydrogen) atoms. The van der Waals surface area contributed by atoms with E-state index in [0.29, 0.717) is 29.6 Å². The van der Waals surface area contributed by atoms with Crippen molar-refractivity contribution in [2.45, 2.75) is 31.1 Å². The summed E-state index contributed by atoms with van der Waals surface area (Å²) in [6.07, 6.45) is 2.76. The van der Waals surface area contributed by atoms with Crippen LogP contribution in [0.25, 0.3) is 5.69 Å². The summed E-state index contributed by atoms with van der Waals surface area (Å²) in [7, 11) is -3.59. The lowest BCUT2D eigenvalue weighted by atomic mass is 10.2. The van der Waals surface area contributed by atoms with E-state index in [9.17, 15) is 13.2 Å².